The van der Waals surface area contributed by atoms with Crippen molar-refractivity contribution in [2.24, 2.45) is 0 Å². The summed E-state index contributed by atoms with van der Waals surface area (Å²) < 4.78 is 5.45. The molecule has 4 rings (SSSR count). The summed E-state index contributed by atoms with van der Waals surface area (Å²) in [7, 11) is 0. The minimum absolute atomic E-state index is 0.0615. The molecule has 0 saturated heterocycles. The second-order valence-corrected chi connectivity index (χ2v) is 9.91. The van der Waals surface area contributed by atoms with Gasteiger partial charge in [0.2, 0.25) is 5.91 Å². The number of ether oxygens (including phenoxy) is 1. The number of esters is 1. The first-order valence-corrected chi connectivity index (χ1v) is 13.4. The maximum atomic E-state index is 13.4. The lowest BCUT2D eigenvalue weighted by molar-refractivity contribution is -0.138. The van der Waals surface area contributed by atoms with Crippen LogP contribution < -0.4 is 10.6 Å². The van der Waals surface area contributed by atoms with Crippen molar-refractivity contribution in [1.82, 2.24) is 5.32 Å². The molecule has 1 atom stereocenters. The van der Waals surface area contributed by atoms with E-state index in [2.05, 4.69) is 16.7 Å². The molecular formula is C30H26ClN3O3S. The van der Waals surface area contributed by atoms with E-state index in [1.54, 1.807) is 31.2 Å². The molecule has 2 N–H and O–H groups in total. The monoisotopic (exact) mass is 543 g/mol. The number of rotatable bonds is 8. The van der Waals surface area contributed by atoms with Gasteiger partial charge in [0.05, 0.1) is 46.2 Å². The van der Waals surface area contributed by atoms with E-state index < -0.39 is 11.9 Å². The molecule has 0 bridgehead atoms. The summed E-state index contributed by atoms with van der Waals surface area (Å²) in [6.45, 7) is 3.85. The lowest BCUT2D eigenvalue weighted by Crippen LogP contribution is -2.29. The summed E-state index contributed by atoms with van der Waals surface area (Å²) in [6.07, 6.45) is 0. The molecule has 0 radical (unpaired) electrons. The zero-order chi connectivity index (χ0) is 27.1. The number of carbonyl (C=O) groups is 2. The summed E-state index contributed by atoms with van der Waals surface area (Å²) in [5, 5.41) is 17.6. The molecule has 1 heterocycles. The highest BCUT2D eigenvalue weighted by Crippen LogP contribution is 2.43. The van der Waals surface area contributed by atoms with Crippen molar-refractivity contribution in [3.63, 3.8) is 0 Å². The number of nitriles is 1. The summed E-state index contributed by atoms with van der Waals surface area (Å²) in [5.41, 5.74) is 4.34. The Morgan fingerprint density at radius 2 is 1.74 bits per heavy atom. The van der Waals surface area contributed by atoms with Crippen LogP contribution in [-0.4, -0.2) is 24.2 Å². The molecule has 38 heavy (non-hydrogen) atoms. The summed E-state index contributed by atoms with van der Waals surface area (Å²) in [6, 6.07) is 26.2. The van der Waals surface area contributed by atoms with Crippen molar-refractivity contribution >= 4 is 46.6 Å². The summed E-state index contributed by atoms with van der Waals surface area (Å²) in [4.78, 5) is 26.2. The Balaban J connectivity index is 1.76. The van der Waals surface area contributed by atoms with E-state index in [4.69, 9.17) is 16.3 Å². The third kappa shape index (κ3) is 6.10. The molecule has 6 nitrogen and oxygen atoms in total. The number of anilines is 1. The zero-order valence-electron chi connectivity index (χ0n) is 21.0. The van der Waals surface area contributed by atoms with Crippen LogP contribution in [-0.2, 0) is 14.3 Å². The quantitative estimate of drug-likeness (QED) is 0.319. The number of aryl methyl sites for hydroxylation is 1. The largest absolute Gasteiger partial charge is 0.463 e. The Morgan fingerprint density at radius 3 is 2.39 bits per heavy atom. The van der Waals surface area contributed by atoms with Crippen LogP contribution >= 0.6 is 23.4 Å². The fraction of sp³-hybridized carbons (Fsp3) is 0.167. The van der Waals surface area contributed by atoms with E-state index in [0.717, 1.165) is 16.8 Å². The fourth-order valence-corrected chi connectivity index (χ4v) is 5.15. The van der Waals surface area contributed by atoms with Crippen LogP contribution in [0.1, 0.15) is 29.5 Å². The van der Waals surface area contributed by atoms with Gasteiger partial charge in [0.1, 0.15) is 0 Å². The lowest BCUT2D eigenvalue weighted by atomic mass is 9.81. The Morgan fingerprint density at radius 1 is 1.05 bits per heavy atom. The van der Waals surface area contributed by atoms with Gasteiger partial charge in [-0.1, -0.05) is 84.0 Å². The number of hydrogen-bond donors (Lipinski definition) is 2. The maximum Gasteiger partial charge on any atom is 0.337 e. The Bertz CT molecular complexity index is 1440. The normalized spacial score (nSPS) is 14.9. The average Bonchev–Trinajstić information content (AvgIpc) is 2.93. The molecule has 1 amide bonds. The number of dihydropyridines is 1. The standard InChI is InChI=1S/C30H26ClN3O3S/c1-3-37-30(36)27-26(20-13-15-22(31)16-14-20)23(17-32)29(34-28(27)21-10-5-4-6-11-21)38-18-25(35)33-24-12-8-7-9-19(24)2/h4-16,26,34H,3,18H2,1-2H3,(H,33,35). The van der Waals surface area contributed by atoms with Gasteiger partial charge in [-0.2, -0.15) is 5.26 Å². The minimum Gasteiger partial charge on any atom is -0.463 e. The van der Waals surface area contributed by atoms with Gasteiger partial charge < -0.3 is 15.4 Å². The number of carbonyl (C=O) groups excluding carboxylic acids is 2. The van der Waals surface area contributed by atoms with Gasteiger partial charge >= 0.3 is 5.97 Å². The molecule has 1 unspecified atom stereocenters. The Kier molecular flexibility index (Phi) is 8.90. The van der Waals surface area contributed by atoms with Gasteiger partial charge in [0, 0.05) is 10.7 Å². The molecule has 0 spiro atoms. The number of thioether (sulfide) groups is 1. The van der Waals surface area contributed by atoms with Crippen molar-refractivity contribution in [3.05, 3.63) is 117 Å². The van der Waals surface area contributed by atoms with Gasteiger partial charge in [-0.3, -0.25) is 4.79 Å². The molecule has 0 saturated carbocycles. The molecule has 0 fully saturated rings. The van der Waals surface area contributed by atoms with Crippen molar-refractivity contribution in [2.45, 2.75) is 19.8 Å². The lowest BCUT2D eigenvalue weighted by Gasteiger charge is -2.30. The van der Waals surface area contributed by atoms with E-state index in [1.807, 2.05) is 61.5 Å². The molecular weight excluding hydrogens is 518 g/mol. The van der Waals surface area contributed by atoms with Gasteiger partial charge in [-0.15, -0.1) is 0 Å². The van der Waals surface area contributed by atoms with Crippen LogP contribution in [0.5, 0.6) is 0 Å². The van der Waals surface area contributed by atoms with Crippen LogP contribution in [0.25, 0.3) is 5.70 Å². The molecule has 192 valence electrons. The fourth-order valence-electron chi connectivity index (χ4n) is 4.18. The first-order chi connectivity index (χ1) is 18.4. The third-order valence-corrected chi connectivity index (χ3v) is 7.25. The van der Waals surface area contributed by atoms with E-state index in [1.165, 1.54) is 11.8 Å². The van der Waals surface area contributed by atoms with Crippen LogP contribution in [0.4, 0.5) is 5.69 Å². The number of allylic oxidation sites excluding steroid dienone is 1. The van der Waals surface area contributed by atoms with Crippen molar-refractivity contribution < 1.29 is 14.3 Å². The molecule has 0 aliphatic carbocycles. The average molecular weight is 544 g/mol. The summed E-state index contributed by atoms with van der Waals surface area (Å²) in [5.74, 6) is -1.38. The molecule has 0 aromatic heterocycles. The first kappa shape index (κ1) is 27.1. The SMILES string of the molecule is CCOC(=O)C1=C(c2ccccc2)NC(SCC(=O)Nc2ccccc2C)=C(C#N)C1c1ccc(Cl)cc1. The second-order valence-electron chi connectivity index (χ2n) is 8.49. The third-order valence-electron chi connectivity index (χ3n) is 5.98. The summed E-state index contributed by atoms with van der Waals surface area (Å²) >= 11 is 7.36. The molecule has 1 aliphatic heterocycles. The van der Waals surface area contributed by atoms with E-state index >= 15 is 0 Å². The Hall–Kier alpha value is -3.99. The van der Waals surface area contributed by atoms with E-state index in [9.17, 15) is 14.9 Å². The zero-order valence-corrected chi connectivity index (χ0v) is 22.5. The number of para-hydroxylation sites is 1. The second kappa shape index (κ2) is 12.5. The minimum atomic E-state index is -0.713. The number of benzene rings is 3. The van der Waals surface area contributed by atoms with Crippen LogP contribution in [0.3, 0.4) is 0 Å². The van der Waals surface area contributed by atoms with Crippen molar-refractivity contribution in [1.29, 1.82) is 5.26 Å². The number of nitrogens with one attached hydrogen (secondary N) is 2. The molecule has 8 heteroatoms. The topological polar surface area (TPSA) is 91.2 Å². The predicted octanol–water partition coefficient (Wildman–Crippen LogP) is 6.42. The molecule has 3 aromatic rings. The maximum absolute atomic E-state index is 13.4. The van der Waals surface area contributed by atoms with Gasteiger partial charge in [0.25, 0.3) is 0 Å². The number of amides is 1. The highest BCUT2D eigenvalue weighted by atomic mass is 35.5. The smallest absolute Gasteiger partial charge is 0.337 e. The predicted molar refractivity (Wildman–Crippen MR) is 152 cm³/mol. The first-order valence-electron chi connectivity index (χ1n) is 12.0. The van der Waals surface area contributed by atoms with Crippen LogP contribution in [0.2, 0.25) is 5.02 Å². The van der Waals surface area contributed by atoms with Crippen LogP contribution in [0, 0.1) is 18.3 Å². The van der Waals surface area contributed by atoms with Crippen molar-refractivity contribution in [2.75, 3.05) is 17.7 Å². The van der Waals surface area contributed by atoms with Gasteiger partial charge in [-0.25, -0.2) is 4.79 Å². The Labute approximate surface area is 231 Å². The van der Waals surface area contributed by atoms with E-state index in [0.29, 0.717) is 32.5 Å². The highest BCUT2D eigenvalue weighted by Gasteiger charge is 2.37. The van der Waals surface area contributed by atoms with E-state index in [-0.39, 0.29) is 18.3 Å². The highest BCUT2D eigenvalue weighted by molar-refractivity contribution is 8.03. The van der Waals surface area contributed by atoms with Gasteiger partial charge in [-0.05, 0) is 48.7 Å². The number of halogens is 1. The van der Waals surface area contributed by atoms with Crippen molar-refractivity contribution in [3.8, 4) is 6.07 Å². The van der Waals surface area contributed by atoms with Crippen LogP contribution in [0.15, 0.2) is 95.0 Å². The number of nitrogens with zero attached hydrogens (tertiary/aromatic N) is 1. The molecule has 3 aromatic carbocycles. The number of hydrogen-bond acceptors (Lipinski definition) is 6. The van der Waals surface area contributed by atoms with Gasteiger partial charge in [0.15, 0.2) is 0 Å². The molecule has 1 aliphatic rings.